The lowest BCUT2D eigenvalue weighted by Gasteiger charge is -2.20. The van der Waals surface area contributed by atoms with E-state index in [1.54, 1.807) is 24.3 Å². The molecule has 0 saturated heterocycles. The van der Waals surface area contributed by atoms with E-state index in [4.69, 9.17) is 4.74 Å². The lowest BCUT2D eigenvalue weighted by Crippen LogP contribution is -2.29. The van der Waals surface area contributed by atoms with Crippen LogP contribution in [0.15, 0.2) is 53.4 Å². The third kappa shape index (κ3) is 2.46. The van der Waals surface area contributed by atoms with E-state index in [2.05, 4.69) is 0 Å². The van der Waals surface area contributed by atoms with Crippen molar-refractivity contribution in [1.82, 2.24) is 0 Å². The van der Waals surface area contributed by atoms with Crippen LogP contribution >= 0.6 is 0 Å². The molecule has 1 atom stereocenters. The van der Waals surface area contributed by atoms with Gasteiger partial charge in [0.2, 0.25) is 0 Å². The Labute approximate surface area is 131 Å². The number of sulfonamides is 1. The quantitative estimate of drug-likeness (QED) is 0.868. The molecule has 1 unspecified atom stereocenters. The Morgan fingerprint density at radius 3 is 2.50 bits per heavy atom. The van der Waals surface area contributed by atoms with Crippen molar-refractivity contribution in [2.24, 2.45) is 0 Å². The summed E-state index contributed by atoms with van der Waals surface area (Å²) in [7, 11) is -3.54. The second-order valence-corrected chi connectivity index (χ2v) is 7.26. The molecule has 0 fully saturated rings. The summed E-state index contributed by atoms with van der Waals surface area (Å²) in [6.45, 7) is 4.98. The van der Waals surface area contributed by atoms with Crippen LogP contribution in [0.2, 0.25) is 0 Å². The molecule has 116 valence electrons. The monoisotopic (exact) mass is 317 g/mol. The molecule has 1 heterocycles. The minimum Gasteiger partial charge on any atom is -0.494 e. The van der Waals surface area contributed by atoms with Crippen LogP contribution < -0.4 is 9.04 Å². The van der Waals surface area contributed by atoms with E-state index < -0.39 is 10.0 Å². The fraction of sp³-hybridized carbons (Fsp3) is 0.294. The van der Waals surface area contributed by atoms with E-state index >= 15 is 0 Å². The number of benzene rings is 2. The Kier molecular flexibility index (Phi) is 3.83. The highest BCUT2D eigenvalue weighted by atomic mass is 32.2. The van der Waals surface area contributed by atoms with Crippen LogP contribution in [0.3, 0.4) is 0 Å². The predicted octanol–water partition coefficient (Wildman–Crippen LogP) is 3.40. The zero-order valence-electron chi connectivity index (χ0n) is 12.7. The summed E-state index contributed by atoms with van der Waals surface area (Å²) in [5.41, 5.74) is 1.86. The summed E-state index contributed by atoms with van der Waals surface area (Å²) in [6.07, 6.45) is 0. The molecule has 0 spiro atoms. The van der Waals surface area contributed by atoms with Crippen LogP contribution in [0.5, 0.6) is 5.75 Å². The molecular weight excluding hydrogens is 298 g/mol. The molecule has 3 rings (SSSR count). The minimum absolute atomic E-state index is 0.202. The van der Waals surface area contributed by atoms with Gasteiger partial charge in [-0.15, -0.1) is 0 Å². The van der Waals surface area contributed by atoms with Crippen LogP contribution in [0.1, 0.15) is 25.3 Å². The molecule has 0 aliphatic carbocycles. The first-order valence-electron chi connectivity index (χ1n) is 7.38. The molecule has 0 amide bonds. The van der Waals surface area contributed by atoms with Crippen LogP contribution in [0.4, 0.5) is 5.69 Å². The van der Waals surface area contributed by atoms with Gasteiger partial charge >= 0.3 is 0 Å². The Morgan fingerprint density at radius 1 is 1.14 bits per heavy atom. The summed E-state index contributed by atoms with van der Waals surface area (Å²) in [6, 6.07) is 14.3. The molecule has 0 radical (unpaired) electrons. The van der Waals surface area contributed by atoms with E-state index in [0.29, 0.717) is 23.8 Å². The Bertz CT molecular complexity index is 769. The van der Waals surface area contributed by atoms with Crippen LogP contribution in [-0.2, 0) is 10.0 Å². The number of anilines is 1. The summed E-state index contributed by atoms with van der Waals surface area (Å²) in [5.74, 6) is 0.880. The average molecular weight is 317 g/mol. The highest BCUT2D eigenvalue weighted by Crippen LogP contribution is 2.39. The smallest absolute Gasteiger partial charge is 0.264 e. The van der Waals surface area contributed by atoms with Crippen molar-refractivity contribution in [3.63, 3.8) is 0 Å². The van der Waals surface area contributed by atoms with Gasteiger partial charge in [-0.05, 0) is 42.8 Å². The van der Waals surface area contributed by atoms with Crippen LogP contribution in [0.25, 0.3) is 0 Å². The fourth-order valence-electron chi connectivity index (χ4n) is 2.81. The Morgan fingerprint density at radius 2 is 1.82 bits per heavy atom. The standard InChI is InChI=1S/C17H19NO3S/c1-3-21-14-8-10-15(11-9-14)22(19,20)18-12-13(2)16-6-4-5-7-17(16)18/h4-11,13H,3,12H2,1-2H3. The number of hydrogen-bond acceptors (Lipinski definition) is 3. The van der Waals surface area contributed by atoms with E-state index in [1.165, 1.54) is 4.31 Å². The molecule has 1 aliphatic heterocycles. The Balaban J connectivity index is 1.97. The first kappa shape index (κ1) is 14.9. The summed E-state index contributed by atoms with van der Waals surface area (Å²) >= 11 is 0. The number of rotatable bonds is 4. The highest BCUT2D eigenvalue weighted by Gasteiger charge is 2.34. The average Bonchev–Trinajstić information content (AvgIpc) is 2.87. The second-order valence-electron chi connectivity index (χ2n) is 5.40. The lowest BCUT2D eigenvalue weighted by atomic mass is 10.0. The maximum absolute atomic E-state index is 12.9. The summed E-state index contributed by atoms with van der Waals surface area (Å²) in [5, 5.41) is 0. The topological polar surface area (TPSA) is 46.6 Å². The van der Waals surface area contributed by atoms with Gasteiger partial charge in [0.05, 0.1) is 17.2 Å². The molecule has 0 aromatic heterocycles. The van der Waals surface area contributed by atoms with Gasteiger partial charge in [-0.3, -0.25) is 4.31 Å². The molecule has 5 heteroatoms. The number of hydrogen-bond donors (Lipinski definition) is 0. The SMILES string of the molecule is CCOc1ccc(S(=O)(=O)N2CC(C)c3ccccc32)cc1. The highest BCUT2D eigenvalue weighted by molar-refractivity contribution is 7.92. The van der Waals surface area contributed by atoms with Crippen molar-refractivity contribution in [2.75, 3.05) is 17.5 Å². The molecule has 0 N–H and O–H groups in total. The molecule has 0 saturated carbocycles. The van der Waals surface area contributed by atoms with Gasteiger partial charge in [0.25, 0.3) is 10.0 Å². The van der Waals surface area contributed by atoms with E-state index in [1.807, 2.05) is 38.1 Å². The van der Waals surface area contributed by atoms with Crippen molar-refractivity contribution in [3.05, 3.63) is 54.1 Å². The van der Waals surface area contributed by atoms with Gasteiger partial charge in [0, 0.05) is 12.5 Å². The first-order chi connectivity index (χ1) is 10.5. The van der Waals surface area contributed by atoms with Crippen molar-refractivity contribution in [1.29, 1.82) is 0 Å². The third-order valence-corrected chi connectivity index (χ3v) is 5.69. The largest absolute Gasteiger partial charge is 0.494 e. The second kappa shape index (κ2) is 5.65. The molecular formula is C17H19NO3S. The zero-order valence-corrected chi connectivity index (χ0v) is 13.5. The number of nitrogens with zero attached hydrogens (tertiary/aromatic N) is 1. The lowest BCUT2D eigenvalue weighted by molar-refractivity contribution is 0.340. The maximum atomic E-state index is 12.9. The van der Waals surface area contributed by atoms with E-state index in [0.717, 1.165) is 11.3 Å². The normalized spacial score (nSPS) is 17.4. The summed E-state index contributed by atoms with van der Waals surface area (Å²) < 4.78 is 32.7. The van der Waals surface area contributed by atoms with Gasteiger partial charge in [-0.25, -0.2) is 8.42 Å². The van der Waals surface area contributed by atoms with Gasteiger partial charge in [0.1, 0.15) is 5.75 Å². The van der Waals surface area contributed by atoms with Gasteiger partial charge in [-0.2, -0.15) is 0 Å². The minimum atomic E-state index is -3.54. The number of para-hydroxylation sites is 1. The predicted molar refractivity (Wildman–Crippen MR) is 87.0 cm³/mol. The zero-order chi connectivity index (χ0) is 15.7. The van der Waals surface area contributed by atoms with E-state index in [9.17, 15) is 8.42 Å². The van der Waals surface area contributed by atoms with Gasteiger partial charge in [0.15, 0.2) is 0 Å². The maximum Gasteiger partial charge on any atom is 0.264 e. The number of ether oxygens (including phenoxy) is 1. The summed E-state index contributed by atoms with van der Waals surface area (Å²) in [4.78, 5) is 0.292. The fourth-order valence-corrected chi connectivity index (χ4v) is 4.39. The first-order valence-corrected chi connectivity index (χ1v) is 8.82. The van der Waals surface area contributed by atoms with Crippen molar-refractivity contribution in [2.45, 2.75) is 24.7 Å². The van der Waals surface area contributed by atoms with Gasteiger partial charge in [-0.1, -0.05) is 25.1 Å². The number of fused-ring (bicyclic) bond motifs is 1. The van der Waals surface area contributed by atoms with Crippen molar-refractivity contribution >= 4 is 15.7 Å². The molecule has 1 aliphatic rings. The molecule has 2 aromatic carbocycles. The van der Waals surface area contributed by atoms with Crippen molar-refractivity contribution in [3.8, 4) is 5.75 Å². The van der Waals surface area contributed by atoms with Crippen LogP contribution in [-0.4, -0.2) is 21.6 Å². The van der Waals surface area contributed by atoms with Crippen LogP contribution in [0, 0.1) is 0 Å². The molecule has 22 heavy (non-hydrogen) atoms. The van der Waals surface area contributed by atoms with Crippen molar-refractivity contribution < 1.29 is 13.2 Å². The van der Waals surface area contributed by atoms with Gasteiger partial charge < -0.3 is 4.74 Å². The Hall–Kier alpha value is -2.01. The third-order valence-electron chi connectivity index (χ3n) is 3.90. The molecule has 4 nitrogen and oxygen atoms in total. The molecule has 0 bridgehead atoms. The van der Waals surface area contributed by atoms with E-state index in [-0.39, 0.29) is 5.92 Å². The molecule has 2 aromatic rings.